The van der Waals surface area contributed by atoms with E-state index in [0.29, 0.717) is 34.7 Å². The summed E-state index contributed by atoms with van der Waals surface area (Å²) in [6.07, 6.45) is 6.17. The SMILES string of the molecule is CCCCc1cc(NC(=O)Nc2ccc(Oc3ccnc(NC(=O)COC)c3)c3ccccc23)n(-c2ccc(C(C)C)nc2)n1. The smallest absolute Gasteiger partial charge is 0.324 e. The molecule has 0 bridgehead atoms. The molecule has 0 aliphatic carbocycles. The first-order valence-electron chi connectivity index (χ1n) is 14.9. The Morgan fingerprint density at radius 1 is 0.933 bits per heavy atom. The van der Waals surface area contributed by atoms with Crippen LogP contribution in [0.5, 0.6) is 11.5 Å². The third-order valence-corrected chi connectivity index (χ3v) is 7.03. The third-order valence-electron chi connectivity index (χ3n) is 7.03. The number of aromatic nitrogens is 4. The number of benzene rings is 2. The molecule has 3 amide bonds. The lowest BCUT2D eigenvalue weighted by Crippen LogP contribution is -2.21. The molecule has 3 heterocycles. The van der Waals surface area contributed by atoms with Crippen molar-refractivity contribution in [3.05, 3.63) is 90.5 Å². The lowest BCUT2D eigenvalue weighted by atomic mass is 10.1. The number of methoxy groups -OCH3 is 1. The molecule has 0 saturated carbocycles. The quantitative estimate of drug-likeness (QED) is 0.136. The largest absolute Gasteiger partial charge is 0.457 e. The zero-order valence-corrected chi connectivity index (χ0v) is 25.8. The van der Waals surface area contributed by atoms with Gasteiger partial charge in [0.2, 0.25) is 0 Å². The van der Waals surface area contributed by atoms with Crippen LogP contribution in [0.3, 0.4) is 0 Å². The van der Waals surface area contributed by atoms with Crippen LogP contribution in [0.15, 0.2) is 79.1 Å². The lowest BCUT2D eigenvalue weighted by molar-refractivity contribution is -0.119. The molecular weight excluding hydrogens is 570 g/mol. The molecule has 0 atom stereocenters. The summed E-state index contributed by atoms with van der Waals surface area (Å²) in [6.45, 7) is 6.25. The molecule has 0 saturated heterocycles. The second-order valence-corrected chi connectivity index (χ2v) is 10.8. The Hall–Kier alpha value is -5.29. The molecule has 232 valence electrons. The van der Waals surface area contributed by atoms with Gasteiger partial charge in [0, 0.05) is 41.9 Å². The second-order valence-electron chi connectivity index (χ2n) is 10.8. The van der Waals surface area contributed by atoms with E-state index in [2.05, 4.69) is 46.7 Å². The fraction of sp³-hybridized carbons (Fsp3) is 0.265. The molecule has 0 unspecified atom stereocenters. The van der Waals surface area contributed by atoms with Gasteiger partial charge in [-0.3, -0.25) is 15.1 Å². The first kappa shape index (κ1) is 31.1. The summed E-state index contributed by atoms with van der Waals surface area (Å²) in [5.41, 5.74) is 3.26. The number of nitrogens with zero attached hydrogens (tertiary/aromatic N) is 4. The minimum atomic E-state index is -0.408. The summed E-state index contributed by atoms with van der Waals surface area (Å²) in [6, 6.07) is 20.0. The highest BCUT2D eigenvalue weighted by Crippen LogP contribution is 2.35. The van der Waals surface area contributed by atoms with Crippen LogP contribution in [0.2, 0.25) is 0 Å². The average molecular weight is 608 g/mol. The van der Waals surface area contributed by atoms with Crippen molar-refractivity contribution in [2.24, 2.45) is 0 Å². The standard InChI is InChI=1S/C34H37N7O4/c1-5-6-9-23-18-32(41(40-23)24-12-13-28(22(2)3)36-20-24)39-34(43)37-29-14-15-30(27-11-8-7-10-26(27)29)45-25-16-17-35-31(19-25)38-33(42)21-44-4/h7-8,10-20,22H,5-6,9,21H2,1-4H3,(H,35,38,42)(H2,37,39,43). The molecule has 0 aliphatic heterocycles. The fourth-order valence-electron chi connectivity index (χ4n) is 4.78. The van der Waals surface area contributed by atoms with Gasteiger partial charge in [0.05, 0.1) is 23.3 Å². The number of carbonyl (C=O) groups is 2. The number of pyridine rings is 2. The van der Waals surface area contributed by atoms with Crippen molar-refractivity contribution < 1.29 is 19.1 Å². The number of aryl methyl sites for hydroxylation is 1. The Morgan fingerprint density at radius 2 is 1.76 bits per heavy atom. The molecule has 0 radical (unpaired) electrons. The molecule has 3 N–H and O–H groups in total. The van der Waals surface area contributed by atoms with Gasteiger partial charge in [-0.1, -0.05) is 51.5 Å². The Balaban J connectivity index is 1.36. The van der Waals surface area contributed by atoms with Gasteiger partial charge >= 0.3 is 6.03 Å². The summed E-state index contributed by atoms with van der Waals surface area (Å²) in [4.78, 5) is 34.0. The van der Waals surface area contributed by atoms with Gasteiger partial charge < -0.3 is 20.1 Å². The number of fused-ring (bicyclic) bond motifs is 1. The number of unbranched alkanes of at least 4 members (excludes halogenated alkanes) is 1. The molecule has 45 heavy (non-hydrogen) atoms. The van der Waals surface area contributed by atoms with E-state index in [1.54, 1.807) is 41.3 Å². The Kier molecular flexibility index (Phi) is 10.0. The van der Waals surface area contributed by atoms with Gasteiger partial charge in [0.1, 0.15) is 29.7 Å². The molecule has 2 aromatic carbocycles. The number of rotatable bonds is 12. The first-order valence-corrected chi connectivity index (χ1v) is 14.9. The van der Waals surface area contributed by atoms with E-state index < -0.39 is 6.03 Å². The average Bonchev–Trinajstić information content (AvgIpc) is 3.43. The highest BCUT2D eigenvalue weighted by Gasteiger charge is 2.16. The number of hydrogen-bond donors (Lipinski definition) is 3. The number of ether oxygens (including phenoxy) is 2. The molecule has 3 aromatic heterocycles. The summed E-state index contributed by atoms with van der Waals surface area (Å²) in [5, 5.41) is 15.0. The van der Waals surface area contributed by atoms with Crippen molar-refractivity contribution in [3.8, 4) is 17.2 Å². The summed E-state index contributed by atoms with van der Waals surface area (Å²) in [7, 11) is 1.45. The van der Waals surface area contributed by atoms with Gasteiger partial charge in [-0.05, 0) is 49.1 Å². The summed E-state index contributed by atoms with van der Waals surface area (Å²) >= 11 is 0. The number of urea groups is 1. The molecule has 0 fully saturated rings. The second kappa shape index (κ2) is 14.5. The van der Waals surface area contributed by atoms with Crippen LogP contribution in [0.25, 0.3) is 16.5 Å². The third kappa shape index (κ3) is 7.81. The van der Waals surface area contributed by atoms with Crippen molar-refractivity contribution in [1.82, 2.24) is 19.7 Å². The zero-order chi connectivity index (χ0) is 31.8. The van der Waals surface area contributed by atoms with Gasteiger partial charge in [-0.2, -0.15) is 5.10 Å². The molecule has 0 spiro atoms. The van der Waals surface area contributed by atoms with Crippen LogP contribution in [0, 0.1) is 0 Å². The van der Waals surface area contributed by atoms with Crippen LogP contribution in [-0.2, 0) is 16.0 Å². The van der Waals surface area contributed by atoms with E-state index in [4.69, 9.17) is 14.6 Å². The molecule has 11 heteroatoms. The van der Waals surface area contributed by atoms with Crippen molar-refractivity contribution in [2.75, 3.05) is 29.7 Å². The Morgan fingerprint density at radius 3 is 2.49 bits per heavy atom. The maximum absolute atomic E-state index is 13.4. The summed E-state index contributed by atoms with van der Waals surface area (Å²) in [5.74, 6) is 1.95. The number of hydrogen-bond acceptors (Lipinski definition) is 7. The Bertz CT molecular complexity index is 1780. The van der Waals surface area contributed by atoms with E-state index >= 15 is 0 Å². The van der Waals surface area contributed by atoms with Gasteiger partial charge in [0.15, 0.2) is 0 Å². The van der Waals surface area contributed by atoms with E-state index in [0.717, 1.165) is 47.1 Å². The van der Waals surface area contributed by atoms with E-state index in [9.17, 15) is 9.59 Å². The number of amides is 3. The zero-order valence-electron chi connectivity index (χ0n) is 25.8. The van der Waals surface area contributed by atoms with Crippen molar-refractivity contribution in [1.29, 1.82) is 0 Å². The van der Waals surface area contributed by atoms with E-state index in [1.807, 2.05) is 42.5 Å². The fourth-order valence-corrected chi connectivity index (χ4v) is 4.78. The van der Waals surface area contributed by atoms with E-state index in [-0.39, 0.29) is 12.5 Å². The molecule has 0 aliphatic rings. The molecule has 5 rings (SSSR count). The number of carbonyl (C=O) groups excluding carboxylic acids is 2. The van der Waals surface area contributed by atoms with Crippen LogP contribution in [0.1, 0.15) is 50.9 Å². The summed E-state index contributed by atoms with van der Waals surface area (Å²) < 4.78 is 12.8. The van der Waals surface area contributed by atoms with Gasteiger partial charge in [-0.25, -0.2) is 14.5 Å². The van der Waals surface area contributed by atoms with Crippen LogP contribution >= 0.6 is 0 Å². The highest BCUT2D eigenvalue weighted by atomic mass is 16.5. The van der Waals surface area contributed by atoms with Crippen molar-refractivity contribution in [2.45, 2.75) is 46.0 Å². The normalized spacial score (nSPS) is 11.0. The maximum Gasteiger partial charge on any atom is 0.324 e. The molecular formula is C34H37N7O4. The van der Waals surface area contributed by atoms with Gasteiger partial charge in [0.25, 0.3) is 5.91 Å². The van der Waals surface area contributed by atoms with Crippen LogP contribution < -0.4 is 20.7 Å². The Labute approximate surface area is 262 Å². The minimum absolute atomic E-state index is 0.0790. The first-order chi connectivity index (χ1) is 21.8. The monoisotopic (exact) mass is 607 g/mol. The maximum atomic E-state index is 13.4. The predicted molar refractivity (Wildman–Crippen MR) is 175 cm³/mol. The lowest BCUT2D eigenvalue weighted by Gasteiger charge is -2.15. The van der Waals surface area contributed by atoms with Crippen molar-refractivity contribution in [3.63, 3.8) is 0 Å². The number of anilines is 3. The number of nitrogens with one attached hydrogen (secondary N) is 3. The topological polar surface area (TPSA) is 132 Å². The highest BCUT2D eigenvalue weighted by molar-refractivity contribution is 6.07. The molecule has 11 nitrogen and oxygen atoms in total. The van der Waals surface area contributed by atoms with Gasteiger partial charge in [-0.15, -0.1) is 0 Å². The van der Waals surface area contributed by atoms with Crippen LogP contribution in [-0.4, -0.2) is 45.4 Å². The van der Waals surface area contributed by atoms with Crippen LogP contribution in [0.4, 0.5) is 22.1 Å². The molecule has 5 aromatic rings. The predicted octanol–water partition coefficient (Wildman–Crippen LogP) is 7.30. The van der Waals surface area contributed by atoms with Crippen molar-refractivity contribution >= 4 is 40.0 Å². The minimum Gasteiger partial charge on any atom is -0.457 e. The van der Waals surface area contributed by atoms with E-state index in [1.165, 1.54) is 7.11 Å².